The maximum atomic E-state index is 13.8. The van der Waals surface area contributed by atoms with Gasteiger partial charge >= 0.3 is 0 Å². The fourth-order valence-corrected chi connectivity index (χ4v) is 6.34. The summed E-state index contributed by atoms with van der Waals surface area (Å²) in [5, 5.41) is 3.10. The van der Waals surface area contributed by atoms with E-state index in [9.17, 15) is 9.59 Å². The molecule has 0 spiro atoms. The van der Waals surface area contributed by atoms with E-state index in [1.807, 2.05) is 4.90 Å². The van der Waals surface area contributed by atoms with Crippen LogP contribution >= 0.6 is 0 Å². The number of carbonyl (C=O) groups excluding carboxylic acids is 2. The number of methoxy groups -OCH3 is 2. The molecular formula is C26H39N3O4. The Hall–Kier alpha value is -2.28. The van der Waals surface area contributed by atoms with Crippen molar-refractivity contribution in [2.75, 3.05) is 39.2 Å². The molecule has 1 N–H and O–H groups in total. The Morgan fingerprint density at radius 3 is 2.30 bits per heavy atom. The standard InChI is InChI=1S/C26H39N3O4/c1-19(30)29(18-20-9-8-14-28-13-7-4-10-24(20)28)26(11-5-6-12-26)25(31)27-21-15-22(32-2)17-23(16-21)33-3/h15-17,20,24H,4-14,18H2,1-3H3,(H,27,31)/t20-,24+/m0/s1. The molecule has 2 heterocycles. The number of nitrogens with zero attached hydrogens (tertiary/aromatic N) is 2. The first-order valence-corrected chi connectivity index (χ1v) is 12.5. The Morgan fingerprint density at radius 2 is 1.67 bits per heavy atom. The Bertz CT molecular complexity index is 828. The molecule has 0 aromatic heterocycles. The van der Waals surface area contributed by atoms with E-state index in [0.717, 1.165) is 19.3 Å². The second-order valence-corrected chi connectivity index (χ2v) is 9.93. The van der Waals surface area contributed by atoms with Crippen LogP contribution in [0, 0.1) is 5.92 Å². The van der Waals surface area contributed by atoms with Gasteiger partial charge in [0.2, 0.25) is 11.8 Å². The molecule has 0 bridgehead atoms. The number of amides is 2. The molecule has 0 unspecified atom stereocenters. The Balaban J connectivity index is 1.58. The monoisotopic (exact) mass is 457 g/mol. The van der Waals surface area contributed by atoms with Crippen LogP contribution in [0.1, 0.15) is 64.7 Å². The molecule has 33 heavy (non-hydrogen) atoms. The van der Waals surface area contributed by atoms with Gasteiger partial charge in [-0.05, 0) is 57.5 Å². The van der Waals surface area contributed by atoms with Crippen LogP contribution < -0.4 is 14.8 Å². The normalized spacial score (nSPS) is 24.6. The molecule has 4 rings (SSSR count). The zero-order chi connectivity index (χ0) is 23.4. The molecule has 1 aromatic rings. The topological polar surface area (TPSA) is 71.1 Å². The van der Waals surface area contributed by atoms with Crippen molar-refractivity contribution in [3.8, 4) is 11.5 Å². The summed E-state index contributed by atoms with van der Waals surface area (Å²) in [5.74, 6) is 1.58. The molecule has 1 aromatic carbocycles. The van der Waals surface area contributed by atoms with Gasteiger partial charge < -0.3 is 24.6 Å². The second-order valence-electron chi connectivity index (χ2n) is 9.93. The van der Waals surface area contributed by atoms with Crippen molar-refractivity contribution in [2.24, 2.45) is 5.92 Å². The molecule has 2 amide bonds. The first-order chi connectivity index (χ1) is 16.0. The average molecular weight is 458 g/mol. The minimum atomic E-state index is -0.793. The van der Waals surface area contributed by atoms with Gasteiger partial charge in [-0.25, -0.2) is 0 Å². The molecule has 2 aliphatic heterocycles. The van der Waals surface area contributed by atoms with E-state index in [4.69, 9.17) is 9.47 Å². The molecule has 2 saturated heterocycles. The number of carbonyl (C=O) groups is 2. The van der Waals surface area contributed by atoms with Crippen LogP contribution in [-0.2, 0) is 9.59 Å². The van der Waals surface area contributed by atoms with Crippen LogP contribution in [0.2, 0.25) is 0 Å². The summed E-state index contributed by atoms with van der Waals surface area (Å²) in [6, 6.07) is 5.91. The van der Waals surface area contributed by atoms with E-state index in [0.29, 0.717) is 48.5 Å². The van der Waals surface area contributed by atoms with Crippen molar-refractivity contribution < 1.29 is 19.1 Å². The quantitative estimate of drug-likeness (QED) is 0.668. The predicted molar refractivity (Wildman–Crippen MR) is 129 cm³/mol. The van der Waals surface area contributed by atoms with Crippen molar-refractivity contribution in [3.05, 3.63) is 18.2 Å². The number of fused-ring (bicyclic) bond motifs is 1. The number of rotatable bonds is 7. The van der Waals surface area contributed by atoms with Crippen LogP contribution in [0.5, 0.6) is 11.5 Å². The number of ether oxygens (including phenoxy) is 2. The first kappa shape index (κ1) is 23.9. The highest BCUT2D eigenvalue weighted by molar-refractivity contribution is 6.00. The maximum Gasteiger partial charge on any atom is 0.250 e. The summed E-state index contributed by atoms with van der Waals surface area (Å²) in [6.07, 6.45) is 9.39. The molecule has 1 aliphatic carbocycles. The van der Waals surface area contributed by atoms with Gasteiger partial charge in [0.05, 0.1) is 14.2 Å². The fourth-order valence-electron chi connectivity index (χ4n) is 6.34. The van der Waals surface area contributed by atoms with E-state index < -0.39 is 5.54 Å². The lowest BCUT2D eigenvalue weighted by Gasteiger charge is -2.48. The van der Waals surface area contributed by atoms with Gasteiger partial charge in [-0.1, -0.05) is 19.3 Å². The highest BCUT2D eigenvalue weighted by atomic mass is 16.5. The lowest BCUT2D eigenvalue weighted by Crippen LogP contribution is -2.60. The van der Waals surface area contributed by atoms with Gasteiger partial charge in [0, 0.05) is 43.4 Å². The molecule has 182 valence electrons. The minimum absolute atomic E-state index is 0.00297. The van der Waals surface area contributed by atoms with E-state index in [2.05, 4.69) is 10.2 Å². The molecule has 3 aliphatic rings. The maximum absolute atomic E-state index is 13.8. The molecular weight excluding hydrogens is 418 g/mol. The number of nitrogens with one attached hydrogen (secondary N) is 1. The number of piperidine rings is 2. The fraction of sp³-hybridized carbons (Fsp3) is 0.692. The summed E-state index contributed by atoms with van der Waals surface area (Å²) in [5.41, 5.74) is -0.166. The third-order valence-corrected chi connectivity index (χ3v) is 8.01. The minimum Gasteiger partial charge on any atom is -0.497 e. The molecule has 2 atom stereocenters. The Morgan fingerprint density at radius 1 is 1.00 bits per heavy atom. The van der Waals surface area contributed by atoms with Crippen molar-refractivity contribution in [1.29, 1.82) is 0 Å². The largest absolute Gasteiger partial charge is 0.497 e. The van der Waals surface area contributed by atoms with E-state index in [-0.39, 0.29) is 11.8 Å². The van der Waals surface area contributed by atoms with Gasteiger partial charge in [-0.3, -0.25) is 9.59 Å². The zero-order valence-corrected chi connectivity index (χ0v) is 20.4. The van der Waals surface area contributed by atoms with Crippen LogP contribution in [0.25, 0.3) is 0 Å². The third kappa shape index (κ3) is 4.98. The highest BCUT2D eigenvalue weighted by Crippen LogP contribution is 2.40. The van der Waals surface area contributed by atoms with Gasteiger partial charge in [0.15, 0.2) is 0 Å². The summed E-state index contributed by atoms with van der Waals surface area (Å²) in [7, 11) is 3.18. The van der Waals surface area contributed by atoms with Crippen molar-refractivity contribution in [3.63, 3.8) is 0 Å². The lowest BCUT2D eigenvalue weighted by atomic mass is 9.81. The lowest BCUT2D eigenvalue weighted by molar-refractivity contribution is -0.145. The molecule has 3 fully saturated rings. The molecule has 1 saturated carbocycles. The van der Waals surface area contributed by atoms with Crippen LogP contribution in [0.15, 0.2) is 18.2 Å². The summed E-state index contributed by atoms with van der Waals surface area (Å²) in [6.45, 7) is 4.64. The van der Waals surface area contributed by atoms with E-state index in [1.165, 1.54) is 38.8 Å². The van der Waals surface area contributed by atoms with Gasteiger partial charge in [0.1, 0.15) is 17.0 Å². The summed E-state index contributed by atoms with van der Waals surface area (Å²) in [4.78, 5) is 31.4. The van der Waals surface area contributed by atoms with Crippen LogP contribution in [-0.4, -0.2) is 67.0 Å². The average Bonchev–Trinajstić information content (AvgIpc) is 3.33. The Kier molecular flexibility index (Phi) is 7.47. The second kappa shape index (κ2) is 10.3. The van der Waals surface area contributed by atoms with Crippen LogP contribution in [0.4, 0.5) is 5.69 Å². The summed E-state index contributed by atoms with van der Waals surface area (Å²) < 4.78 is 10.7. The smallest absolute Gasteiger partial charge is 0.250 e. The van der Waals surface area contributed by atoms with E-state index >= 15 is 0 Å². The van der Waals surface area contributed by atoms with Gasteiger partial charge in [-0.15, -0.1) is 0 Å². The summed E-state index contributed by atoms with van der Waals surface area (Å²) >= 11 is 0. The van der Waals surface area contributed by atoms with Gasteiger partial charge in [-0.2, -0.15) is 0 Å². The van der Waals surface area contributed by atoms with Crippen molar-refractivity contribution in [1.82, 2.24) is 9.80 Å². The molecule has 7 nitrogen and oxygen atoms in total. The zero-order valence-electron chi connectivity index (χ0n) is 20.4. The van der Waals surface area contributed by atoms with Crippen molar-refractivity contribution in [2.45, 2.75) is 76.3 Å². The number of benzene rings is 1. The Labute approximate surface area is 197 Å². The van der Waals surface area contributed by atoms with Crippen molar-refractivity contribution >= 4 is 17.5 Å². The van der Waals surface area contributed by atoms with Crippen LogP contribution in [0.3, 0.4) is 0 Å². The van der Waals surface area contributed by atoms with Gasteiger partial charge in [0.25, 0.3) is 0 Å². The molecule has 0 radical (unpaired) electrons. The number of anilines is 1. The van der Waals surface area contributed by atoms with E-state index in [1.54, 1.807) is 39.3 Å². The SMILES string of the molecule is COc1cc(NC(=O)C2(N(C[C@@H]3CCCN4CCCC[C@H]34)C(C)=O)CCCC2)cc(OC)c1. The molecule has 7 heteroatoms. The number of hydrogen-bond acceptors (Lipinski definition) is 5. The third-order valence-electron chi connectivity index (χ3n) is 8.01. The number of hydrogen-bond donors (Lipinski definition) is 1. The highest BCUT2D eigenvalue weighted by Gasteiger charge is 2.49. The predicted octanol–water partition coefficient (Wildman–Crippen LogP) is 4.07. The first-order valence-electron chi connectivity index (χ1n) is 12.5.